The summed E-state index contributed by atoms with van der Waals surface area (Å²) in [5, 5.41) is 6.12. The Balaban J connectivity index is 2.36. The van der Waals surface area contributed by atoms with Crippen LogP contribution in [0.3, 0.4) is 0 Å². The summed E-state index contributed by atoms with van der Waals surface area (Å²) in [6.45, 7) is 1.63. The molecule has 3 N–H and O–H groups in total. The largest absolute Gasteiger partial charge is 0.395 e. The molecule has 0 unspecified atom stereocenters. The number of carbonyl (C=O) groups is 1. The Bertz CT molecular complexity index is 631. The highest BCUT2D eigenvalue weighted by atomic mass is 19.1. The lowest BCUT2D eigenvalue weighted by Gasteiger charge is -2.08. The van der Waals surface area contributed by atoms with Crippen molar-refractivity contribution in [3.63, 3.8) is 0 Å². The molecule has 2 rings (SSSR count). The number of para-hydroxylation sites is 1. The molecule has 0 aliphatic rings. The van der Waals surface area contributed by atoms with Crippen LogP contribution in [-0.2, 0) is 7.05 Å². The molecular formula is C12H12F2N4O. The number of nitrogen functional groups attached to an aromatic ring is 1. The van der Waals surface area contributed by atoms with E-state index in [4.69, 9.17) is 5.73 Å². The van der Waals surface area contributed by atoms with Gasteiger partial charge in [-0.1, -0.05) is 6.07 Å². The summed E-state index contributed by atoms with van der Waals surface area (Å²) in [5.41, 5.74) is 5.90. The molecule has 0 aliphatic carbocycles. The first-order valence-electron chi connectivity index (χ1n) is 5.46. The van der Waals surface area contributed by atoms with Crippen LogP contribution < -0.4 is 11.1 Å². The average molecular weight is 266 g/mol. The van der Waals surface area contributed by atoms with Crippen molar-refractivity contribution in [2.24, 2.45) is 7.05 Å². The number of benzene rings is 1. The number of anilines is 2. The van der Waals surface area contributed by atoms with Gasteiger partial charge in [0.05, 0.1) is 11.4 Å². The normalized spacial score (nSPS) is 10.5. The maximum Gasteiger partial charge on any atom is 0.276 e. The topological polar surface area (TPSA) is 72.9 Å². The van der Waals surface area contributed by atoms with E-state index in [1.165, 1.54) is 17.8 Å². The molecule has 1 amide bonds. The lowest BCUT2D eigenvalue weighted by molar-refractivity contribution is 0.101. The fourth-order valence-corrected chi connectivity index (χ4v) is 1.73. The molecule has 0 spiro atoms. The monoisotopic (exact) mass is 266 g/mol. The number of aryl methyl sites for hydroxylation is 2. The first-order valence-corrected chi connectivity index (χ1v) is 5.46. The van der Waals surface area contributed by atoms with E-state index < -0.39 is 23.2 Å². The zero-order chi connectivity index (χ0) is 14.2. The van der Waals surface area contributed by atoms with Crippen molar-refractivity contribution < 1.29 is 13.6 Å². The molecule has 100 valence electrons. The van der Waals surface area contributed by atoms with E-state index in [0.29, 0.717) is 5.69 Å². The molecular weight excluding hydrogens is 254 g/mol. The van der Waals surface area contributed by atoms with E-state index in [-0.39, 0.29) is 11.4 Å². The highest BCUT2D eigenvalue weighted by Gasteiger charge is 2.20. The molecule has 1 aromatic carbocycles. The van der Waals surface area contributed by atoms with Gasteiger partial charge >= 0.3 is 0 Å². The molecule has 0 bridgehead atoms. The van der Waals surface area contributed by atoms with Crippen molar-refractivity contribution in [3.8, 4) is 0 Å². The van der Waals surface area contributed by atoms with Gasteiger partial charge in [0.25, 0.3) is 5.91 Å². The van der Waals surface area contributed by atoms with Crippen LogP contribution in [0, 0.1) is 18.6 Å². The van der Waals surface area contributed by atoms with Gasteiger partial charge in [-0.2, -0.15) is 5.10 Å². The van der Waals surface area contributed by atoms with Crippen LogP contribution in [0.1, 0.15) is 16.2 Å². The van der Waals surface area contributed by atoms with E-state index in [2.05, 4.69) is 10.4 Å². The standard InChI is InChI=1S/C12H12F2N4O/c1-6-9(15)11(18(2)17-6)12(19)16-10-7(13)4-3-5-8(10)14/h3-5H,15H2,1-2H3,(H,16,19). The van der Waals surface area contributed by atoms with Crippen LogP contribution in [0.25, 0.3) is 0 Å². The second kappa shape index (κ2) is 4.68. The summed E-state index contributed by atoms with van der Waals surface area (Å²) >= 11 is 0. The minimum atomic E-state index is -0.856. The maximum atomic E-state index is 13.4. The molecule has 0 saturated carbocycles. The van der Waals surface area contributed by atoms with Gasteiger partial charge in [-0.15, -0.1) is 0 Å². The highest BCUT2D eigenvalue weighted by molar-refractivity contribution is 6.06. The Kier molecular flexibility index (Phi) is 3.20. The van der Waals surface area contributed by atoms with Crippen LogP contribution in [-0.4, -0.2) is 15.7 Å². The lowest BCUT2D eigenvalue weighted by Crippen LogP contribution is -2.19. The number of carbonyl (C=O) groups excluding carboxylic acids is 1. The van der Waals surface area contributed by atoms with E-state index in [0.717, 1.165) is 12.1 Å². The maximum absolute atomic E-state index is 13.4. The third-order valence-corrected chi connectivity index (χ3v) is 2.68. The molecule has 0 fully saturated rings. The Hall–Kier alpha value is -2.44. The van der Waals surface area contributed by atoms with Crippen molar-refractivity contribution in [1.29, 1.82) is 0 Å². The highest BCUT2D eigenvalue weighted by Crippen LogP contribution is 2.21. The molecule has 7 heteroatoms. The molecule has 0 aliphatic heterocycles. The van der Waals surface area contributed by atoms with Gasteiger partial charge in [0, 0.05) is 7.05 Å². The van der Waals surface area contributed by atoms with Crippen LogP contribution in [0.4, 0.5) is 20.2 Å². The van der Waals surface area contributed by atoms with E-state index in [9.17, 15) is 13.6 Å². The lowest BCUT2D eigenvalue weighted by atomic mass is 10.2. The van der Waals surface area contributed by atoms with E-state index in [1.54, 1.807) is 6.92 Å². The van der Waals surface area contributed by atoms with Gasteiger partial charge in [0.1, 0.15) is 23.0 Å². The summed E-state index contributed by atoms with van der Waals surface area (Å²) < 4.78 is 28.1. The van der Waals surface area contributed by atoms with Gasteiger partial charge in [-0.25, -0.2) is 8.78 Å². The second-order valence-corrected chi connectivity index (χ2v) is 4.02. The molecule has 5 nitrogen and oxygen atoms in total. The number of nitrogens with two attached hydrogens (primary N) is 1. The first kappa shape index (κ1) is 13.0. The first-order chi connectivity index (χ1) is 8.91. The minimum Gasteiger partial charge on any atom is -0.395 e. The van der Waals surface area contributed by atoms with Crippen LogP contribution >= 0.6 is 0 Å². The third kappa shape index (κ3) is 2.26. The molecule has 0 saturated heterocycles. The molecule has 0 atom stereocenters. The summed E-state index contributed by atoms with van der Waals surface area (Å²) in [6.07, 6.45) is 0. The summed E-state index contributed by atoms with van der Waals surface area (Å²) in [7, 11) is 1.52. The Morgan fingerprint density at radius 1 is 1.37 bits per heavy atom. The molecule has 1 aromatic heterocycles. The fraction of sp³-hybridized carbons (Fsp3) is 0.167. The van der Waals surface area contributed by atoms with Gasteiger partial charge in [0.15, 0.2) is 0 Å². The number of nitrogens with zero attached hydrogens (tertiary/aromatic N) is 2. The van der Waals surface area contributed by atoms with Crippen molar-refractivity contribution in [3.05, 3.63) is 41.2 Å². The quantitative estimate of drug-likeness (QED) is 0.871. The smallest absolute Gasteiger partial charge is 0.276 e. The van der Waals surface area contributed by atoms with Crippen molar-refractivity contribution in [1.82, 2.24) is 9.78 Å². The number of hydrogen-bond donors (Lipinski definition) is 2. The second-order valence-electron chi connectivity index (χ2n) is 4.02. The van der Waals surface area contributed by atoms with Crippen LogP contribution in [0.15, 0.2) is 18.2 Å². The molecule has 0 radical (unpaired) electrons. The van der Waals surface area contributed by atoms with Crippen molar-refractivity contribution in [2.75, 3.05) is 11.1 Å². The molecule has 1 heterocycles. The molecule has 19 heavy (non-hydrogen) atoms. The number of hydrogen-bond acceptors (Lipinski definition) is 3. The number of halogens is 2. The summed E-state index contributed by atoms with van der Waals surface area (Å²) in [4.78, 5) is 12.0. The van der Waals surface area contributed by atoms with Crippen molar-refractivity contribution in [2.45, 2.75) is 6.92 Å². The number of aromatic nitrogens is 2. The van der Waals surface area contributed by atoms with Gasteiger partial charge in [-0.3, -0.25) is 9.48 Å². The predicted molar refractivity (Wildman–Crippen MR) is 66.7 cm³/mol. The van der Waals surface area contributed by atoms with E-state index >= 15 is 0 Å². The number of rotatable bonds is 2. The van der Waals surface area contributed by atoms with E-state index in [1.807, 2.05) is 0 Å². The predicted octanol–water partition coefficient (Wildman–Crippen LogP) is 1.84. The van der Waals surface area contributed by atoms with Gasteiger partial charge in [-0.05, 0) is 19.1 Å². The summed E-state index contributed by atoms with van der Waals surface area (Å²) in [5.74, 6) is -2.43. The SMILES string of the molecule is Cc1nn(C)c(C(=O)Nc2c(F)cccc2F)c1N. The van der Waals surface area contributed by atoms with Crippen LogP contribution in [0.5, 0.6) is 0 Å². The molecule has 2 aromatic rings. The zero-order valence-electron chi connectivity index (χ0n) is 10.4. The third-order valence-electron chi connectivity index (χ3n) is 2.68. The van der Waals surface area contributed by atoms with Gasteiger partial charge in [0.2, 0.25) is 0 Å². The average Bonchev–Trinajstić information content (AvgIpc) is 2.58. The van der Waals surface area contributed by atoms with Gasteiger partial charge < -0.3 is 11.1 Å². The Morgan fingerprint density at radius 2 is 1.95 bits per heavy atom. The van der Waals surface area contributed by atoms with Crippen LogP contribution in [0.2, 0.25) is 0 Å². The number of amides is 1. The zero-order valence-corrected chi connectivity index (χ0v) is 10.4. The Labute approximate surface area is 108 Å². The number of nitrogens with one attached hydrogen (secondary N) is 1. The minimum absolute atomic E-state index is 0.0557. The summed E-state index contributed by atoms with van der Waals surface area (Å²) in [6, 6.07) is 3.32. The van der Waals surface area contributed by atoms with Crippen molar-refractivity contribution >= 4 is 17.3 Å². The Morgan fingerprint density at radius 3 is 2.42 bits per heavy atom. The fourth-order valence-electron chi connectivity index (χ4n) is 1.73.